The van der Waals surface area contributed by atoms with Crippen molar-refractivity contribution in [1.29, 1.82) is 0 Å². The number of nitrogens with zero attached hydrogens (tertiary/aromatic N) is 1. The van der Waals surface area contributed by atoms with Gasteiger partial charge in [-0.2, -0.15) is 0 Å². The molecule has 0 aliphatic heterocycles. The van der Waals surface area contributed by atoms with Gasteiger partial charge in [-0.3, -0.25) is 4.79 Å². The zero-order valence-corrected chi connectivity index (χ0v) is 9.96. The lowest BCUT2D eigenvalue weighted by molar-refractivity contribution is 0.0931. The van der Waals surface area contributed by atoms with Crippen molar-refractivity contribution >= 4 is 11.7 Å². The number of amides is 1. The third-order valence-corrected chi connectivity index (χ3v) is 3.06. The molecule has 5 heteroatoms. The van der Waals surface area contributed by atoms with E-state index in [-0.39, 0.29) is 23.3 Å². The summed E-state index contributed by atoms with van der Waals surface area (Å²) in [7, 11) is 1.57. The zero-order chi connectivity index (χ0) is 12.4. The third kappa shape index (κ3) is 2.54. The molecule has 1 fully saturated rings. The molecule has 1 heterocycles. The molecule has 0 bridgehead atoms. The smallest absolute Gasteiger partial charge is 0.254 e. The lowest BCUT2D eigenvalue weighted by atomic mass is 10.2. The minimum absolute atomic E-state index is 0.0388. The van der Waals surface area contributed by atoms with Gasteiger partial charge in [-0.05, 0) is 31.7 Å². The van der Waals surface area contributed by atoms with E-state index in [1.54, 1.807) is 7.05 Å². The Hall–Kier alpha value is -1.65. The van der Waals surface area contributed by atoms with E-state index in [1.807, 2.05) is 6.92 Å². The average Bonchev–Trinajstić information content (AvgIpc) is 3.12. The van der Waals surface area contributed by atoms with E-state index in [1.165, 1.54) is 12.3 Å². The van der Waals surface area contributed by atoms with Crippen LogP contribution in [0.5, 0.6) is 0 Å². The summed E-state index contributed by atoms with van der Waals surface area (Å²) in [5, 5.41) is 5.43. The van der Waals surface area contributed by atoms with Crippen LogP contribution in [0.25, 0.3) is 0 Å². The quantitative estimate of drug-likeness (QED) is 0.839. The summed E-state index contributed by atoms with van der Waals surface area (Å²) in [4.78, 5) is 15.7. The second-order valence-corrected chi connectivity index (χ2v) is 4.37. The first-order chi connectivity index (χ1) is 8.13. The normalized spacial score (nSPS) is 16.4. The number of halogens is 1. The van der Waals surface area contributed by atoms with E-state index in [9.17, 15) is 9.18 Å². The molecule has 1 unspecified atom stereocenters. The van der Waals surface area contributed by atoms with E-state index < -0.39 is 5.82 Å². The molecule has 1 amide bonds. The van der Waals surface area contributed by atoms with E-state index in [0.29, 0.717) is 5.92 Å². The minimum atomic E-state index is -0.601. The molecule has 1 aliphatic rings. The van der Waals surface area contributed by atoms with Gasteiger partial charge in [0.1, 0.15) is 0 Å². The molecule has 2 rings (SSSR count). The highest BCUT2D eigenvalue weighted by atomic mass is 19.1. The molecule has 17 heavy (non-hydrogen) atoms. The fourth-order valence-electron chi connectivity index (χ4n) is 1.79. The van der Waals surface area contributed by atoms with Crippen LogP contribution in [-0.4, -0.2) is 24.0 Å². The van der Waals surface area contributed by atoms with Gasteiger partial charge in [-0.15, -0.1) is 0 Å². The molecule has 0 saturated heterocycles. The molecular weight excluding hydrogens is 221 g/mol. The Balaban J connectivity index is 2.12. The van der Waals surface area contributed by atoms with E-state index in [0.717, 1.165) is 12.8 Å². The number of carbonyl (C=O) groups is 1. The highest BCUT2D eigenvalue weighted by Crippen LogP contribution is 2.32. The summed E-state index contributed by atoms with van der Waals surface area (Å²) in [6, 6.07) is 1.50. The zero-order valence-electron chi connectivity index (χ0n) is 9.96. The van der Waals surface area contributed by atoms with Gasteiger partial charge in [0.05, 0.1) is 5.56 Å². The molecule has 1 aliphatic carbocycles. The predicted molar refractivity (Wildman–Crippen MR) is 63.4 cm³/mol. The van der Waals surface area contributed by atoms with Crippen LogP contribution in [0, 0.1) is 11.7 Å². The number of hydrogen-bond acceptors (Lipinski definition) is 3. The molecule has 0 spiro atoms. The Labute approximate surface area is 99.6 Å². The van der Waals surface area contributed by atoms with Crippen molar-refractivity contribution in [3.63, 3.8) is 0 Å². The number of hydrogen-bond donors (Lipinski definition) is 2. The second kappa shape index (κ2) is 4.69. The Morgan fingerprint density at radius 2 is 2.29 bits per heavy atom. The van der Waals surface area contributed by atoms with E-state index >= 15 is 0 Å². The first-order valence-electron chi connectivity index (χ1n) is 5.76. The lowest BCUT2D eigenvalue weighted by Crippen LogP contribution is -2.34. The molecular formula is C12H16FN3O. The Morgan fingerprint density at radius 1 is 1.59 bits per heavy atom. The molecule has 1 atom stereocenters. The first kappa shape index (κ1) is 11.8. The third-order valence-electron chi connectivity index (χ3n) is 3.06. The van der Waals surface area contributed by atoms with Crippen molar-refractivity contribution in [1.82, 2.24) is 10.3 Å². The van der Waals surface area contributed by atoms with Gasteiger partial charge in [0, 0.05) is 19.3 Å². The van der Waals surface area contributed by atoms with Crippen LogP contribution in [-0.2, 0) is 0 Å². The van der Waals surface area contributed by atoms with Gasteiger partial charge in [0.25, 0.3) is 5.91 Å². The number of nitrogens with one attached hydrogen (secondary N) is 2. The standard InChI is InChI=1S/C12H16FN3O/c1-7(8-3-4-8)16-12(17)9-5-6-15-11(14-2)10(9)13/h5-8H,3-4H2,1-2H3,(H,14,15)(H,16,17). The van der Waals surface area contributed by atoms with Crippen LogP contribution in [0.1, 0.15) is 30.1 Å². The van der Waals surface area contributed by atoms with E-state index in [4.69, 9.17) is 0 Å². The van der Waals surface area contributed by atoms with Gasteiger partial charge >= 0.3 is 0 Å². The predicted octanol–water partition coefficient (Wildman–Crippen LogP) is 1.79. The van der Waals surface area contributed by atoms with Crippen molar-refractivity contribution in [2.24, 2.45) is 5.92 Å². The molecule has 4 nitrogen and oxygen atoms in total. The largest absolute Gasteiger partial charge is 0.371 e. The van der Waals surface area contributed by atoms with Gasteiger partial charge in [0.2, 0.25) is 0 Å². The molecule has 0 radical (unpaired) electrons. The molecule has 1 saturated carbocycles. The van der Waals surface area contributed by atoms with Crippen LogP contribution in [0.15, 0.2) is 12.3 Å². The van der Waals surface area contributed by atoms with Gasteiger partial charge < -0.3 is 10.6 Å². The number of pyridine rings is 1. The topological polar surface area (TPSA) is 54.0 Å². The molecule has 1 aromatic rings. The summed E-state index contributed by atoms with van der Waals surface area (Å²) in [6.07, 6.45) is 3.70. The van der Waals surface area contributed by atoms with Crippen LogP contribution in [0.2, 0.25) is 0 Å². The monoisotopic (exact) mass is 237 g/mol. The summed E-state index contributed by atoms with van der Waals surface area (Å²) < 4.78 is 13.8. The Morgan fingerprint density at radius 3 is 2.88 bits per heavy atom. The fraction of sp³-hybridized carbons (Fsp3) is 0.500. The molecule has 0 aromatic carbocycles. The van der Waals surface area contributed by atoms with Crippen molar-refractivity contribution in [3.05, 3.63) is 23.6 Å². The SMILES string of the molecule is CNc1nccc(C(=O)NC(C)C2CC2)c1F. The van der Waals surface area contributed by atoms with Crippen molar-refractivity contribution in [2.75, 3.05) is 12.4 Å². The van der Waals surface area contributed by atoms with Gasteiger partial charge in [-0.1, -0.05) is 0 Å². The van der Waals surface area contributed by atoms with Crippen LogP contribution in [0.4, 0.5) is 10.2 Å². The highest BCUT2D eigenvalue weighted by molar-refractivity contribution is 5.95. The fourth-order valence-corrected chi connectivity index (χ4v) is 1.79. The Bertz CT molecular complexity index is 432. The second-order valence-electron chi connectivity index (χ2n) is 4.37. The van der Waals surface area contributed by atoms with Gasteiger partial charge in [0.15, 0.2) is 11.6 Å². The van der Waals surface area contributed by atoms with Crippen LogP contribution >= 0.6 is 0 Å². The van der Waals surface area contributed by atoms with Crippen molar-refractivity contribution < 1.29 is 9.18 Å². The number of aromatic nitrogens is 1. The number of rotatable bonds is 4. The molecule has 2 N–H and O–H groups in total. The number of carbonyl (C=O) groups excluding carboxylic acids is 1. The maximum atomic E-state index is 13.8. The first-order valence-corrected chi connectivity index (χ1v) is 5.76. The summed E-state index contributed by atoms with van der Waals surface area (Å²) in [5.41, 5.74) is 0.0388. The maximum Gasteiger partial charge on any atom is 0.254 e. The summed E-state index contributed by atoms with van der Waals surface area (Å²) in [6.45, 7) is 1.95. The van der Waals surface area contributed by atoms with Crippen molar-refractivity contribution in [2.45, 2.75) is 25.8 Å². The minimum Gasteiger partial charge on any atom is -0.371 e. The average molecular weight is 237 g/mol. The highest BCUT2D eigenvalue weighted by Gasteiger charge is 2.29. The van der Waals surface area contributed by atoms with Crippen LogP contribution in [0.3, 0.4) is 0 Å². The number of anilines is 1. The van der Waals surface area contributed by atoms with E-state index in [2.05, 4.69) is 15.6 Å². The summed E-state index contributed by atoms with van der Waals surface area (Å²) in [5.74, 6) is -0.333. The van der Waals surface area contributed by atoms with Crippen molar-refractivity contribution in [3.8, 4) is 0 Å². The molecule has 92 valence electrons. The molecule has 1 aromatic heterocycles. The summed E-state index contributed by atoms with van der Waals surface area (Å²) >= 11 is 0. The van der Waals surface area contributed by atoms with Crippen LogP contribution < -0.4 is 10.6 Å². The maximum absolute atomic E-state index is 13.8. The van der Waals surface area contributed by atoms with Gasteiger partial charge in [-0.25, -0.2) is 9.37 Å². The Kier molecular flexibility index (Phi) is 3.26. The lowest BCUT2D eigenvalue weighted by Gasteiger charge is -2.13.